The van der Waals surface area contributed by atoms with Crippen LogP contribution in [-0.4, -0.2) is 18.6 Å². The Morgan fingerprint density at radius 2 is 1.26 bits per heavy atom. The highest BCUT2D eigenvalue weighted by atomic mass is 19.4. The SMILES string of the molecule is COc1ccc2c(c1)c1cc(OC)cc3c4cc(C(F)(F)F)ccc4n2c13. The molecule has 3 aromatic carbocycles. The third-order valence-corrected chi connectivity index (χ3v) is 5.13. The molecule has 0 amide bonds. The third kappa shape index (κ3) is 2.10. The first kappa shape index (κ1) is 16.1. The molecule has 0 fully saturated rings. The monoisotopic (exact) mass is 369 g/mol. The molecule has 0 aliphatic carbocycles. The van der Waals surface area contributed by atoms with E-state index >= 15 is 0 Å². The van der Waals surface area contributed by atoms with E-state index in [-0.39, 0.29) is 0 Å². The van der Waals surface area contributed by atoms with Crippen molar-refractivity contribution in [2.45, 2.75) is 6.18 Å². The van der Waals surface area contributed by atoms with Gasteiger partial charge in [0.2, 0.25) is 0 Å². The maximum absolute atomic E-state index is 13.2. The molecule has 27 heavy (non-hydrogen) atoms. The van der Waals surface area contributed by atoms with Gasteiger partial charge in [-0.25, -0.2) is 0 Å². The smallest absolute Gasteiger partial charge is 0.416 e. The van der Waals surface area contributed by atoms with Crippen molar-refractivity contribution in [3.05, 3.63) is 54.1 Å². The molecule has 0 unspecified atom stereocenters. The first-order valence-corrected chi connectivity index (χ1v) is 8.34. The number of fused-ring (bicyclic) bond motifs is 6. The van der Waals surface area contributed by atoms with Crippen LogP contribution in [0.2, 0.25) is 0 Å². The Hall–Kier alpha value is -3.15. The fraction of sp³-hybridized carbons (Fsp3) is 0.143. The molecule has 5 rings (SSSR count). The molecule has 2 aromatic heterocycles. The number of alkyl halides is 3. The molecule has 0 atom stereocenters. The summed E-state index contributed by atoms with van der Waals surface area (Å²) in [4.78, 5) is 0. The molecular weight excluding hydrogens is 355 g/mol. The summed E-state index contributed by atoms with van der Waals surface area (Å²) in [6.07, 6.45) is -4.39. The lowest BCUT2D eigenvalue weighted by molar-refractivity contribution is -0.137. The van der Waals surface area contributed by atoms with Gasteiger partial charge in [-0.1, -0.05) is 0 Å². The van der Waals surface area contributed by atoms with E-state index in [9.17, 15) is 13.2 Å². The lowest BCUT2D eigenvalue weighted by atomic mass is 10.1. The van der Waals surface area contributed by atoms with Crippen molar-refractivity contribution in [2.24, 2.45) is 0 Å². The number of benzene rings is 3. The van der Waals surface area contributed by atoms with Gasteiger partial charge in [-0.15, -0.1) is 0 Å². The minimum atomic E-state index is -4.39. The van der Waals surface area contributed by atoms with Crippen LogP contribution in [0.3, 0.4) is 0 Å². The first-order chi connectivity index (χ1) is 12.9. The fourth-order valence-corrected chi connectivity index (χ4v) is 3.92. The maximum Gasteiger partial charge on any atom is 0.416 e. The highest BCUT2D eigenvalue weighted by Gasteiger charge is 2.31. The van der Waals surface area contributed by atoms with Crippen molar-refractivity contribution in [3.8, 4) is 11.5 Å². The number of nitrogens with zero attached hydrogens (tertiary/aromatic N) is 1. The summed E-state index contributed by atoms with van der Waals surface area (Å²) < 4.78 is 52.5. The van der Waals surface area contributed by atoms with Gasteiger partial charge in [0, 0.05) is 21.5 Å². The second-order valence-electron chi connectivity index (χ2n) is 6.52. The number of ether oxygens (including phenoxy) is 2. The number of halogens is 3. The average molecular weight is 369 g/mol. The van der Waals surface area contributed by atoms with E-state index in [2.05, 4.69) is 0 Å². The molecule has 0 spiro atoms. The van der Waals surface area contributed by atoms with Crippen molar-refractivity contribution in [3.63, 3.8) is 0 Å². The second-order valence-corrected chi connectivity index (χ2v) is 6.52. The number of methoxy groups -OCH3 is 2. The Balaban J connectivity index is 2.03. The summed E-state index contributed by atoms with van der Waals surface area (Å²) in [6, 6.07) is 13.3. The van der Waals surface area contributed by atoms with Crippen LogP contribution in [0.15, 0.2) is 48.5 Å². The van der Waals surface area contributed by atoms with Gasteiger partial charge in [0.1, 0.15) is 11.5 Å². The van der Waals surface area contributed by atoms with Gasteiger partial charge in [-0.2, -0.15) is 13.2 Å². The van der Waals surface area contributed by atoms with Gasteiger partial charge in [-0.3, -0.25) is 0 Å². The summed E-state index contributed by atoms with van der Waals surface area (Å²) >= 11 is 0. The molecular formula is C21H14F3NO2. The molecule has 0 bridgehead atoms. The fourth-order valence-electron chi connectivity index (χ4n) is 3.92. The summed E-state index contributed by atoms with van der Waals surface area (Å²) in [7, 11) is 3.15. The van der Waals surface area contributed by atoms with Crippen molar-refractivity contribution in [2.75, 3.05) is 14.2 Å². The predicted molar refractivity (Wildman–Crippen MR) is 99.2 cm³/mol. The summed E-state index contributed by atoms with van der Waals surface area (Å²) in [5.74, 6) is 1.32. The van der Waals surface area contributed by atoms with E-state index in [1.807, 2.05) is 28.7 Å². The molecule has 3 nitrogen and oxygen atoms in total. The van der Waals surface area contributed by atoms with E-state index in [1.54, 1.807) is 20.3 Å². The third-order valence-electron chi connectivity index (χ3n) is 5.13. The lowest BCUT2D eigenvalue weighted by Gasteiger charge is -2.07. The van der Waals surface area contributed by atoms with E-state index in [0.717, 1.165) is 44.5 Å². The van der Waals surface area contributed by atoms with Crippen LogP contribution in [0.5, 0.6) is 11.5 Å². The summed E-state index contributed by atoms with van der Waals surface area (Å²) in [5.41, 5.74) is 1.87. The lowest BCUT2D eigenvalue weighted by Crippen LogP contribution is -2.04. The van der Waals surface area contributed by atoms with Gasteiger partial charge in [0.25, 0.3) is 0 Å². The zero-order valence-electron chi connectivity index (χ0n) is 14.5. The van der Waals surface area contributed by atoms with Gasteiger partial charge >= 0.3 is 6.18 Å². The maximum atomic E-state index is 13.2. The zero-order valence-corrected chi connectivity index (χ0v) is 14.5. The highest BCUT2D eigenvalue weighted by Crippen LogP contribution is 2.43. The molecule has 6 heteroatoms. The minimum absolute atomic E-state index is 0.557. The number of hydrogen-bond donors (Lipinski definition) is 0. The topological polar surface area (TPSA) is 22.9 Å². The van der Waals surface area contributed by atoms with Crippen molar-refractivity contribution in [1.82, 2.24) is 4.40 Å². The Morgan fingerprint density at radius 1 is 0.704 bits per heavy atom. The molecule has 0 radical (unpaired) electrons. The first-order valence-electron chi connectivity index (χ1n) is 8.34. The van der Waals surface area contributed by atoms with Gasteiger partial charge in [-0.05, 0) is 48.5 Å². The van der Waals surface area contributed by atoms with Crippen molar-refractivity contribution < 1.29 is 22.6 Å². The second kappa shape index (κ2) is 5.19. The molecule has 0 saturated carbocycles. The van der Waals surface area contributed by atoms with Crippen LogP contribution in [-0.2, 0) is 6.18 Å². The van der Waals surface area contributed by atoms with Crippen LogP contribution in [0.1, 0.15) is 5.56 Å². The van der Waals surface area contributed by atoms with Crippen LogP contribution < -0.4 is 9.47 Å². The quantitative estimate of drug-likeness (QED) is 0.388. The summed E-state index contributed by atoms with van der Waals surface area (Å²) in [5, 5.41) is 3.18. The zero-order chi connectivity index (χ0) is 18.9. The standard InChI is InChI=1S/C21H14F3NO2/c1-26-12-4-6-19-15(8-12)17-10-13(27-2)9-16-14-7-11(21(22,23)24)3-5-18(14)25(19)20(16)17/h3-10H,1-2H3. The Morgan fingerprint density at radius 3 is 1.85 bits per heavy atom. The summed E-state index contributed by atoms with van der Waals surface area (Å²) in [6.45, 7) is 0. The largest absolute Gasteiger partial charge is 0.497 e. The predicted octanol–water partition coefficient (Wildman–Crippen LogP) is 5.87. The normalized spacial score (nSPS) is 12.6. The Labute approximate surface area is 151 Å². The number of rotatable bonds is 2. The molecule has 136 valence electrons. The number of aromatic nitrogens is 1. The molecule has 0 aliphatic rings. The molecule has 5 aromatic rings. The van der Waals surface area contributed by atoms with Gasteiger partial charge in [0.15, 0.2) is 0 Å². The van der Waals surface area contributed by atoms with Crippen LogP contribution in [0.4, 0.5) is 13.2 Å². The van der Waals surface area contributed by atoms with E-state index in [0.29, 0.717) is 11.1 Å². The van der Waals surface area contributed by atoms with Crippen LogP contribution in [0.25, 0.3) is 38.1 Å². The highest BCUT2D eigenvalue weighted by molar-refractivity contribution is 6.24. The van der Waals surface area contributed by atoms with Gasteiger partial charge in [0.05, 0.1) is 36.3 Å². The van der Waals surface area contributed by atoms with Crippen LogP contribution in [0, 0.1) is 0 Å². The molecule has 0 N–H and O–H groups in total. The van der Waals surface area contributed by atoms with E-state index < -0.39 is 11.7 Å². The average Bonchev–Trinajstić information content (AvgIpc) is 3.16. The van der Waals surface area contributed by atoms with E-state index in [4.69, 9.17) is 9.47 Å². The van der Waals surface area contributed by atoms with Crippen molar-refractivity contribution >= 4 is 38.1 Å². The molecule has 2 heterocycles. The van der Waals surface area contributed by atoms with Crippen molar-refractivity contribution in [1.29, 1.82) is 0 Å². The van der Waals surface area contributed by atoms with E-state index in [1.165, 1.54) is 12.1 Å². The number of hydrogen-bond acceptors (Lipinski definition) is 2. The Bertz CT molecular complexity index is 1330. The van der Waals surface area contributed by atoms with Crippen LogP contribution >= 0.6 is 0 Å². The van der Waals surface area contributed by atoms with Gasteiger partial charge < -0.3 is 13.9 Å². The minimum Gasteiger partial charge on any atom is -0.497 e. The molecule has 0 saturated heterocycles. The Kier molecular flexibility index (Phi) is 3.09. The molecule has 0 aliphatic heterocycles.